The van der Waals surface area contributed by atoms with E-state index in [1.165, 1.54) is 0 Å². The van der Waals surface area contributed by atoms with Crippen LogP contribution in [0.5, 0.6) is 0 Å². The summed E-state index contributed by atoms with van der Waals surface area (Å²) in [4.78, 5) is 0. The highest BCUT2D eigenvalue weighted by Crippen LogP contribution is 2.03. The quantitative estimate of drug-likeness (QED) is 0.254. The summed E-state index contributed by atoms with van der Waals surface area (Å²) in [5, 5.41) is 9.69. The van der Waals surface area contributed by atoms with Crippen LogP contribution in [-0.2, 0) is 14.9 Å². The lowest BCUT2D eigenvalue weighted by Gasteiger charge is -2.31. The van der Waals surface area contributed by atoms with Gasteiger partial charge in [-0.3, -0.25) is 4.55 Å². The van der Waals surface area contributed by atoms with Crippen LogP contribution >= 0.6 is 0 Å². The van der Waals surface area contributed by atoms with E-state index in [2.05, 4.69) is 5.92 Å². The Balaban J connectivity index is 3.95. The lowest BCUT2D eigenvalue weighted by atomic mass is 10.3. The van der Waals surface area contributed by atoms with Crippen LogP contribution in [-0.4, -0.2) is 74.8 Å². The number of quaternary nitrogens is 1. The number of aliphatic hydroxyl groups excluding tert-OH is 1. The fourth-order valence-electron chi connectivity index (χ4n) is 1.64. The highest BCUT2D eigenvalue weighted by molar-refractivity contribution is 7.85. The van der Waals surface area contributed by atoms with Gasteiger partial charge in [0.15, 0.2) is 0 Å². The normalized spacial score (nSPS) is 14.2. The molecule has 1 atom stereocenters. The SMILES string of the molecule is C#CCOCC(O)C[N+](C)(C)CCCS(=O)(=O)O. The van der Waals surface area contributed by atoms with Gasteiger partial charge in [-0.2, -0.15) is 8.42 Å². The van der Waals surface area contributed by atoms with Crippen LogP contribution in [0.4, 0.5) is 0 Å². The van der Waals surface area contributed by atoms with Crippen LogP contribution in [0.3, 0.4) is 0 Å². The lowest BCUT2D eigenvalue weighted by molar-refractivity contribution is -0.893. The first-order valence-corrected chi connectivity index (χ1v) is 7.23. The molecule has 0 amide bonds. The Bertz CT molecular complexity index is 371. The average Bonchev–Trinajstić information content (AvgIpc) is 2.14. The van der Waals surface area contributed by atoms with Crippen molar-refractivity contribution in [3.05, 3.63) is 0 Å². The molecule has 0 aliphatic heterocycles. The number of ether oxygens (including phenoxy) is 1. The molecule has 18 heavy (non-hydrogen) atoms. The van der Waals surface area contributed by atoms with Crippen molar-refractivity contribution in [1.82, 2.24) is 0 Å². The van der Waals surface area contributed by atoms with Crippen molar-refractivity contribution in [1.29, 1.82) is 0 Å². The summed E-state index contributed by atoms with van der Waals surface area (Å²) in [7, 11) is -0.173. The summed E-state index contributed by atoms with van der Waals surface area (Å²) in [5.74, 6) is 2.04. The van der Waals surface area contributed by atoms with E-state index in [1.54, 1.807) is 0 Å². The molecule has 0 aromatic heterocycles. The number of nitrogens with zero attached hydrogens (tertiary/aromatic N) is 1. The van der Waals surface area contributed by atoms with Gasteiger partial charge in [-0.25, -0.2) is 0 Å². The van der Waals surface area contributed by atoms with E-state index in [9.17, 15) is 13.5 Å². The number of rotatable bonds is 9. The van der Waals surface area contributed by atoms with E-state index in [0.29, 0.717) is 24.0 Å². The number of aliphatic hydroxyl groups is 1. The van der Waals surface area contributed by atoms with Gasteiger partial charge in [-0.15, -0.1) is 6.42 Å². The summed E-state index contributed by atoms with van der Waals surface area (Å²) in [6.07, 6.45) is 4.69. The molecule has 0 heterocycles. The van der Waals surface area contributed by atoms with Crippen molar-refractivity contribution < 1.29 is 27.3 Å². The monoisotopic (exact) mass is 280 g/mol. The van der Waals surface area contributed by atoms with Crippen molar-refractivity contribution in [2.45, 2.75) is 12.5 Å². The second-order valence-electron chi connectivity index (χ2n) is 4.85. The standard InChI is InChI=1S/C11H21NO5S/c1-4-7-17-10-11(13)9-12(2,3)6-5-8-18(14,15)16/h1,11,13H,5-10H2,2-3H3/p+1. The predicted octanol–water partition coefficient (Wildman–Crippen LogP) is -0.649. The van der Waals surface area contributed by atoms with Gasteiger partial charge in [-0.1, -0.05) is 5.92 Å². The lowest BCUT2D eigenvalue weighted by Crippen LogP contribution is -2.47. The Morgan fingerprint density at radius 3 is 2.56 bits per heavy atom. The Morgan fingerprint density at radius 1 is 1.44 bits per heavy atom. The third-order valence-corrected chi connectivity index (χ3v) is 3.17. The molecule has 106 valence electrons. The molecule has 0 saturated heterocycles. The number of hydrogen-bond donors (Lipinski definition) is 2. The van der Waals surface area contributed by atoms with Gasteiger partial charge >= 0.3 is 0 Å². The van der Waals surface area contributed by atoms with E-state index < -0.39 is 16.2 Å². The van der Waals surface area contributed by atoms with Gasteiger partial charge in [0.05, 0.1) is 33.0 Å². The van der Waals surface area contributed by atoms with E-state index in [0.717, 1.165) is 0 Å². The molecule has 0 bridgehead atoms. The van der Waals surface area contributed by atoms with Gasteiger partial charge in [0, 0.05) is 6.42 Å². The van der Waals surface area contributed by atoms with E-state index in [1.807, 2.05) is 14.1 Å². The maximum atomic E-state index is 10.6. The van der Waals surface area contributed by atoms with E-state index in [4.69, 9.17) is 15.7 Å². The fourth-order valence-corrected chi connectivity index (χ4v) is 2.14. The maximum Gasteiger partial charge on any atom is 0.265 e. The first kappa shape index (κ1) is 17.4. The van der Waals surface area contributed by atoms with Crippen LogP contribution in [0, 0.1) is 12.3 Å². The Labute approximate surface area is 109 Å². The second-order valence-corrected chi connectivity index (χ2v) is 6.43. The summed E-state index contributed by atoms with van der Waals surface area (Å²) >= 11 is 0. The van der Waals surface area contributed by atoms with Crippen LogP contribution < -0.4 is 0 Å². The topological polar surface area (TPSA) is 83.8 Å². The molecular formula is C11H22NO5S+. The van der Waals surface area contributed by atoms with Gasteiger partial charge in [0.25, 0.3) is 10.1 Å². The molecule has 0 radical (unpaired) electrons. The van der Waals surface area contributed by atoms with Crippen LogP contribution in [0.1, 0.15) is 6.42 Å². The minimum absolute atomic E-state index is 0.157. The van der Waals surface area contributed by atoms with Crippen LogP contribution in [0.25, 0.3) is 0 Å². The molecule has 0 fully saturated rings. The zero-order valence-corrected chi connectivity index (χ0v) is 11.7. The number of terminal acetylenes is 1. The highest BCUT2D eigenvalue weighted by atomic mass is 32.2. The van der Waals surface area contributed by atoms with Crippen molar-refractivity contribution >= 4 is 10.1 Å². The predicted molar refractivity (Wildman–Crippen MR) is 68.5 cm³/mol. The Hall–Kier alpha value is -0.650. The molecule has 0 aliphatic rings. The molecular weight excluding hydrogens is 258 g/mol. The third kappa shape index (κ3) is 10.5. The Morgan fingerprint density at radius 2 is 2.06 bits per heavy atom. The summed E-state index contributed by atoms with van der Waals surface area (Å²) < 4.78 is 35.2. The minimum Gasteiger partial charge on any atom is -0.385 e. The van der Waals surface area contributed by atoms with Gasteiger partial charge in [-0.05, 0) is 0 Å². The van der Waals surface area contributed by atoms with Crippen LogP contribution in [0.15, 0.2) is 0 Å². The summed E-state index contributed by atoms with van der Waals surface area (Å²) in [6.45, 7) is 1.28. The minimum atomic E-state index is -3.91. The first-order chi connectivity index (χ1) is 8.16. The molecule has 7 heteroatoms. The molecule has 0 saturated carbocycles. The van der Waals surface area contributed by atoms with Gasteiger partial charge in [0.1, 0.15) is 19.3 Å². The molecule has 2 N–H and O–H groups in total. The smallest absolute Gasteiger partial charge is 0.265 e. The average molecular weight is 280 g/mol. The molecule has 1 unspecified atom stereocenters. The maximum absolute atomic E-state index is 10.6. The van der Waals surface area contributed by atoms with Crippen molar-refractivity contribution in [3.8, 4) is 12.3 Å². The molecule has 0 aromatic rings. The molecule has 0 spiro atoms. The first-order valence-electron chi connectivity index (χ1n) is 5.63. The molecule has 0 rings (SSSR count). The van der Waals surface area contributed by atoms with Gasteiger partial charge in [0.2, 0.25) is 0 Å². The zero-order chi connectivity index (χ0) is 14.2. The highest BCUT2D eigenvalue weighted by Gasteiger charge is 2.21. The summed E-state index contributed by atoms with van der Waals surface area (Å²) in [6, 6.07) is 0. The fraction of sp³-hybridized carbons (Fsp3) is 0.818. The van der Waals surface area contributed by atoms with Crippen LogP contribution in [0.2, 0.25) is 0 Å². The third-order valence-electron chi connectivity index (χ3n) is 2.37. The van der Waals surface area contributed by atoms with Crippen molar-refractivity contribution in [3.63, 3.8) is 0 Å². The number of likely N-dealkylation sites (N-methyl/N-ethyl adjacent to an activating group) is 1. The van der Waals surface area contributed by atoms with Crippen molar-refractivity contribution in [2.24, 2.45) is 0 Å². The van der Waals surface area contributed by atoms with E-state index in [-0.39, 0.29) is 19.0 Å². The zero-order valence-electron chi connectivity index (χ0n) is 10.9. The molecule has 0 aromatic carbocycles. The molecule has 0 aliphatic carbocycles. The number of hydrogen-bond acceptors (Lipinski definition) is 4. The summed E-state index contributed by atoms with van der Waals surface area (Å²) in [5.41, 5.74) is 0. The Kier molecular flexibility index (Phi) is 7.43. The second kappa shape index (κ2) is 7.71. The van der Waals surface area contributed by atoms with Crippen molar-refractivity contribution in [2.75, 3.05) is 46.2 Å². The largest absolute Gasteiger partial charge is 0.385 e. The van der Waals surface area contributed by atoms with Gasteiger partial charge < -0.3 is 14.3 Å². The van der Waals surface area contributed by atoms with E-state index >= 15 is 0 Å². The molecule has 6 nitrogen and oxygen atoms in total.